The molecule has 8 heteroatoms. The summed E-state index contributed by atoms with van der Waals surface area (Å²) in [6.07, 6.45) is -1.08. The van der Waals surface area contributed by atoms with E-state index in [4.69, 9.17) is 9.47 Å². The Balaban J connectivity index is 1.64. The first-order chi connectivity index (χ1) is 12.3. The van der Waals surface area contributed by atoms with Crippen LogP contribution in [0.2, 0.25) is 0 Å². The molecule has 26 heavy (non-hydrogen) atoms. The number of β-lactam (4-membered cyclic amide) rings is 1. The van der Waals surface area contributed by atoms with Gasteiger partial charge in [0.25, 0.3) is 0 Å². The lowest BCUT2D eigenvalue weighted by atomic mass is 9.92. The highest BCUT2D eigenvalue weighted by atomic mass is 32.2. The summed E-state index contributed by atoms with van der Waals surface area (Å²) < 4.78 is 9.87. The number of benzene rings is 1. The van der Waals surface area contributed by atoms with Crippen LogP contribution in [0.15, 0.2) is 30.3 Å². The summed E-state index contributed by atoms with van der Waals surface area (Å²) in [4.78, 5) is 38.3. The van der Waals surface area contributed by atoms with Gasteiger partial charge in [0.1, 0.15) is 6.04 Å². The number of carbonyl (C=O) groups is 3. The van der Waals surface area contributed by atoms with Gasteiger partial charge in [-0.15, -0.1) is 11.8 Å². The molecule has 1 aromatic rings. The van der Waals surface area contributed by atoms with Crippen molar-refractivity contribution in [2.75, 3.05) is 6.61 Å². The van der Waals surface area contributed by atoms with Gasteiger partial charge < -0.3 is 19.5 Å². The van der Waals surface area contributed by atoms with Crippen LogP contribution in [0, 0.1) is 5.92 Å². The minimum absolute atomic E-state index is 0.234. The zero-order valence-electron chi connectivity index (χ0n) is 14.7. The molecule has 4 atom stereocenters. The molecular formula is C18H21NO6S. The number of ether oxygens (including phenoxy) is 2. The highest BCUT2D eigenvalue weighted by Crippen LogP contribution is 2.53. The van der Waals surface area contributed by atoms with E-state index in [1.165, 1.54) is 23.6 Å². The second kappa shape index (κ2) is 6.92. The van der Waals surface area contributed by atoms with E-state index in [0.717, 1.165) is 0 Å². The van der Waals surface area contributed by atoms with Gasteiger partial charge in [-0.05, 0) is 26.0 Å². The third-order valence-electron chi connectivity index (χ3n) is 4.54. The fourth-order valence-electron chi connectivity index (χ4n) is 3.29. The molecule has 0 spiro atoms. The molecule has 0 radical (unpaired) electrons. The standard InChI is InChI=1S/C18H21NO6S/c1-10(24-16(22)11-7-5-4-6-8-11)25-17(23)13-18(2,3)26-15-12(9-20)14(21)19(13)15/h4-8,10,12-13,15,20H,9H2,1-3H3/t10-,12?,13?,15?/m1/s1. The van der Waals surface area contributed by atoms with Gasteiger partial charge in [-0.1, -0.05) is 18.2 Å². The molecule has 2 heterocycles. The number of aliphatic hydroxyl groups is 1. The van der Waals surface area contributed by atoms with E-state index in [9.17, 15) is 19.5 Å². The number of nitrogens with zero attached hydrogens (tertiary/aromatic N) is 1. The second-order valence-electron chi connectivity index (χ2n) is 6.82. The van der Waals surface area contributed by atoms with Crippen LogP contribution >= 0.6 is 11.8 Å². The van der Waals surface area contributed by atoms with E-state index < -0.39 is 34.9 Å². The van der Waals surface area contributed by atoms with Crippen molar-refractivity contribution in [1.29, 1.82) is 0 Å². The monoisotopic (exact) mass is 379 g/mol. The van der Waals surface area contributed by atoms with Gasteiger partial charge in [-0.3, -0.25) is 4.79 Å². The van der Waals surface area contributed by atoms with E-state index in [1.54, 1.807) is 30.3 Å². The Morgan fingerprint density at radius 3 is 2.54 bits per heavy atom. The summed E-state index contributed by atoms with van der Waals surface area (Å²) in [6.45, 7) is 4.92. The SMILES string of the molecule is C[C@H](OC(=O)c1ccccc1)OC(=O)C1N2C(=O)C(CO)C2SC1(C)C. The van der Waals surface area contributed by atoms with Crippen LogP contribution in [0.3, 0.4) is 0 Å². The van der Waals surface area contributed by atoms with E-state index in [1.807, 2.05) is 13.8 Å². The molecule has 1 amide bonds. The fraction of sp³-hybridized carbons (Fsp3) is 0.500. The number of aliphatic hydroxyl groups excluding tert-OH is 1. The summed E-state index contributed by atoms with van der Waals surface area (Å²) in [5.41, 5.74) is 0.357. The average molecular weight is 379 g/mol. The topological polar surface area (TPSA) is 93.1 Å². The van der Waals surface area contributed by atoms with Gasteiger partial charge in [0.2, 0.25) is 12.2 Å². The molecule has 2 fully saturated rings. The minimum atomic E-state index is -1.08. The maximum atomic E-state index is 12.6. The van der Waals surface area contributed by atoms with Gasteiger partial charge in [-0.25, -0.2) is 9.59 Å². The molecule has 2 aliphatic rings. The van der Waals surface area contributed by atoms with Crippen LogP contribution in [0.25, 0.3) is 0 Å². The van der Waals surface area contributed by atoms with Crippen LogP contribution in [-0.2, 0) is 19.1 Å². The van der Waals surface area contributed by atoms with E-state index in [-0.39, 0.29) is 17.9 Å². The number of amides is 1. The Labute approximate surface area is 155 Å². The number of hydrogen-bond donors (Lipinski definition) is 1. The summed E-state index contributed by atoms with van der Waals surface area (Å²) >= 11 is 1.46. The Hall–Kier alpha value is -2.06. The van der Waals surface area contributed by atoms with Crippen LogP contribution in [-0.4, -0.2) is 56.9 Å². The highest BCUT2D eigenvalue weighted by Gasteiger charge is 2.63. The van der Waals surface area contributed by atoms with Crippen LogP contribution in [0.4, 0.5) is 0 Å². The Morgan fingerprint density at radius 1 is 1.27 bits per heavy atom. The third-order valence-corrected chi connectivity index (χ3v) is 6.16. The maximum absolute atomic E-state index is 12.6. The Morgan fingerprint density at radius 2 is 1.92 bits per heavy atom. The minimum Gasteiger partial charge on any atom is -0.424 e. The summed E-state index contributed by atoms with van der Waals surface area (Å²) in [5, 5.41) is 9.08. The maximum Gasteiger partial charge on any atom is 0.341 e. The molecule has 2 saturated heterocycles. The van der Waals surface area contributed by atoms with Crippen molar-refractivity contribution in [2.24, 2.45) is 5.92 Å². The van der Waals surface area contributed by atoms with Crippen LogP contribution in [0.1, 0.15) is 31.1 Å². The molecule has 0 bridgehead atoms. The third kappa shape index (κ3) is 3.19. The van der Waals surface area contributed by atoms with Crippen molar-refractivity contribution < 1.29 is 29.0 Å². The van der Waals surface area contributed by atoms with Gasteiger partial charge in [0, 0.05) is 11.7 Å². The zero-order chi connectivity index (χ0) is 19.1. The van der Waals surface area contributed by atoms with Crippen molar-refractivity contribution in [3.05, 3.63) is 35.9 Å². The smallest absolute Gasteiger partial charge is 0.341 e. The largest absolute Gasteiger partial charge is 0.424 e. The molecule has 2 aliphatic heterocycles. The second-order valence-corrected chi connectivity index (χ2v) is 8.60. The predicted octanol–water partition coefficient (Wildman–Crippen LogP) is 1.40. The lowest BCUT2D eigenvalue weighted by Crippen LogP contribution is -2.63. The first-order valence-electron chi connectivity index (χ1n) is 8.33. The van der Waals surface area contributed by atoms with Crippen molar-refractivity contribution >= 4 is 29.6 Å². The van der Waals surface area contributed by atoms with Crippen molar-refractivity contribution in [3.63, 3.8) is 0 Å². The van der Waals surface area contributed by atoms with Crippen molar-refractivity contribution in [2.45, 2.75) is 43.2 Å². The number of rotatable bonds is 5. The number of carbonyl (C=O) groups excluding carboxylic acids is 3. The Kier molecular flexibility index (Phi) is 4.98. The number of fused-ring (bicyclic) bond motifs is 1. The van der Waals surface area contributed by atoms with E-state index in [0.29, 0.717) is 5.56 Å². The molecule has 0 saturated carbocycles. The number of thioether (sulfide) groups is 1. The lowest BCUT2D eigenvalue weighted by Gasteiger charge is -2.43. The molecule has 0 aromatic heterocycles. The number of hydrogen-bond acceptors (Lipinski definition) is 7. The first kappa shape index (κ1) is 18.7. The molecule has 140 valence electrons. The van der Waals surface area contributed by atoms with Crippen LogP contribution < -0.4 is 0 Å². The molecule has 3 rings (SSSR count). The van der Waals surface area contributed by atoms with Crippen molar-refractivity contribution in [3.8, 4) is 0 Å². The summed E-state index contributed by atoms with van der Waals surface area (Å²) in [7, 11) is 0. The normalized spacial score (nSPS) is 27.3. The lowest BCUT2D eigenvalue weighted by molar-refractivity contribution is -0.181. The molecule has 1 aromatic carbocycles. The predicted molar refractivity (Wildman–Crippen MR) is 94.1 cm³/mol. The summed E-state index contributed by atoms with van der Waals surface area (Å²) in [6, 6.07) is 7.61. The molecule has 1 N–H and O–H groups in total. The van der Waals surface area contributed by atoms with Gasteiger partial charge in [0.15, 0.2) is 0 Å². The zero-order valence-corrected chi connectivity index (χ0v) is 15.6. The fourth-order valence-corrected chi connectivity index (χ4v) is 4.95. The van der Waals surface area contributed by atoms with E-state index >= 15 is 0 Å². The molecule has 0 aliphatic carbocycles. The van der Waals surface area contributed by atoms with Crippen LogP contribution in [0.5, 0.6) is 0 Å². The van der Waals surface area contributed by atoms with Gasteiger partial charge >= 0.3 is 11.9 Å². The molecular weight excluding hydrogens is 358 g/mol. The molecule has 3 unspecified atom stereocenters. The Bertz CT molecular complexity index is 722. The van der Waals surface area contributed by atoms with Gasteiger partial charge in [0.05, 0.1) is 23.5 Å². The number of esters is 2. The summed E-state index contributed by atoms with van der Waals surface area (Å²) in [5.74, 6) is -1.95. The van der Waals surface area contributed by atoms with E-state index in [2.05, 4.69) is 0 Å². The first-order valence-corrected chi connectivity index (χ1v) is 9.21. The molecule has 7 nitrogen and oxygen atoms in total. The highest BCUT2D eigenvalue weighted by molar-refractivity contribution is 8.01. The quantitative estimate of drug-likeness (QED) is 0.470. The van der Waals surface area contributed by atoms with Crippen molar-refractivity contribution in [1.82, 2.24) is 4.90 Å². The van der Waals surface area contributed by atoms with Gasteiger partial charge in [-0.2, -0.15) is 0 Å². The average Bonchev–Trinajstić information content (AvgIpc) is 2.83.